The van der Waals surface area contributed by atoms with E-state index in [0.29, 0.717) is 0 Å². The summed E-state index contributed by atoms with van der Waals surface area (Å²) in [5.41, 5.74) is 0. The van der Waals surface area contributed by atoms with Gasteiger partial charge >= 0.3 is 0 Å². The van der Waals surface area contributed by atoms with Crippen LogP contribution >= 0.6 is 0 Å². The second kappa shape index (κ2) is 8.69. The second-order valence-electron chi connectivity index (χ2n) is 4.69. The maximum Gasteiger partial charge on any atom is 0.239 e. The van der Waals surface area contributed by atoms with Gasteiger partial charge in [0.05, 0.1) is 12.4 Å². The molecule has 0 aromatic carbocycles. The van der Waals surface area contributed by atoms with Crippen molar-refractivity contribution in [1.29, 1.82) is 0 Å². The fraction of sp³-hybridized carbons (Fsp3) is 0.714. The van der Waals surface area contributed by atoms with E-state index in [1.165, 1.54) is 0 Å². The van der Waals surface area contributed by atoms with Crippen molar-refractivity contribution in [3.8, 4) is 0 Å². The standard InChI is InChI=1S/C14H26N4O/c1-4-18(5-2)14(19)13(3)16-8-6-7-10-17-11-9-15-12-17/h9,11-13,16H,4-8,10H2,1-3H3. The average Bonchev–Trinajstić information content (AvgIpc) is 2.92. The van der Waals surface area contributed by atoms with Crippen LogP contribution in [0.5, 0.6) is 0 Å². The van der Waals surface area contributed by atoms with Crippen LogP contribution in [0.2, 0.25) is 0 Å². The minimum atomic E-state index is -0.0897. The second-order valence-corrected chi connectivity index (χ2v) is 4.69. The van der Waals surface area contributed by atoms with E-state index in [4.69, 9.17) is 0 Å². The summed E-state index contributed by atoms with van der Waals surface area (Å²) in [6.07, 6.45) is 7.76. The number of nitrogens with zero attached hydrogens (tertiary/aromatic N) is 3. The molecule has 1 unspecified atom stereocenters. The van der Waals surface area contributed by atoms with E-state index in [-0.39, 0.29) is 11.9 Å². The third-order valence-corrected chi connectivity index (χ3v) is 3.30. The molecule has 5 heteroatoms. The van der Waals surface area contributed by atoms with Crippen LogP contribution in [0.25, 0.3) is 0 Å². The zero-order chi connectivity index (χ0) is 14.1. The number of aromatic nitrogens is 2. The molecule has 1 rings (SSSR count). The fourth-order valence-corrected chi connectivity index (χ4v) is 2.05. The summed E-state index contributed by atoms with van der Waals surface area (Å²) in [7, 11) is 0. The van der Waals surface area contributed by atoms with Crippen molar-refractivity contribution in [2.45, 2.75) is 46.2 Å². The highest BCUT2D eigenvalue weighted by atomic mass is 16.2. The summed E-state index contributed by atoms with van der Waals surface area (Å²) in [5.74, 6) is 0.194. The molecule has 0 saturated heterocycles. The number of likely N-dealkylation sites (N-methyl/N-ethyl adjacent to an activating group) is 1. The van der Waals surface area contributed by atoms with Crippen molar-refractivity contribution in [3.05, 3.63) is 18.7 Å². The molecule has 0 aliphatic rings. The van der Waals surface area contributed by atoms with Crippen molar-refractivity contribution in [3.63, 3.8) is 0 Å². The number of amides is 1. The van der Waals surface area contributed by atoms with Gasteiger partial charge in [0, 0.05) is 32.0 Å². The lowest BCUT2D eigenvalue weighted by Crippen LogP contribution is -2.45. The molecule has 0 fully saturated rings. The van der Waals surface area contributed by atoms with Crippen molar-refractivity contribution >= 4 is 5.91 Å². The van der Waals surface area contributed by atoms with E-state index < -0.39 is 0 Å². The lowest BCUT2D eigenvalue weighted by molar-refractivity contribution is -0.132. The highest BCUT2D eigenvalue weighted by Gasteiger charge is 2.16. The highest BCUT2D eigenvalue weighted by molar-refractivity contribution is 5.81. The Labute approximate surface area is 116 Å². The number of rotatable bonds is 9. The first kappa shape index (κ1) is 15.7. The number of hydrogen-bond acceptors (Lipinski definition) is 3. The lowest BCUT2D eigenvalue weighted by Gasteiger charge is -2.23. The number of aryl methyl sites for hydroxylation is 1. The predicted molar refractivity (Wildman–Crippen MR) is 76.9 cm³/mol. The van der Waals surface area contributed by atoms with E-state index in [1.54, 1.807) is 6.20 Å². The molecule has 1 atom stereocenters. The summed E-state index contributed by atoms with van der Waals surface area (Å²) in [5, 5.41) is 3.30. The van der Waals surface area contributed by atoms with Crippen molar-refractivity contribution in [1.82, 2.24) is 19.8 Å². The van der Waals surface area contributed by atoms with Gasteiger partial charge in [-0.25, -0.2) is 4.98 Å². The van der Waals surface area contributed by atoms with Crippen molar-refractivity contribution < 1.29 is 4.79 Å². The Balaban J connectivity index is 2.12. The minimum absolute atomic E-state index is 0.0897. The third-order valence-electron chi connectivity index (χ3n) is 3.30. The van der Waals surface area contributed by atoms with Gasteiger partial charge in [-0.15, -0.1) is 0 Å². The largest absolute Gasteiger partial charge is 0.342 e. The van der Waals surface area contributed by atoms with Gasteiger partial charge in [0.15, 0.2) is 0 Å². The molecule has 1 aromatic heterocycles. The number of unbranched alkanes of at least 4 members (excludes halogenated alkanes) is 1. The molecular formula is C14H26N4O. The fourth-order valence-electron chi connectivity index (χ4n) is 2.05. The predicted octanol–water partition coefficient (Wildman–Crippen LogP) is 1.51. The van der Waals surface area contributed by atoms with E-state index in [1.807, 2.05) is 38.2 Å². The molecule has 1 heterocycles. The SMILES string of the molecule is CCN(CC)C(=O)C(C)NCCCCn1ccnc1. The topological polar surface area (TPSA) is 50.2 Å². The number of carbonyl (C=O) groups is 1. The van der Waals surface area contributed by atoms with Gasteiger partial charge in [0.25, 0.3) is 0 Å². The lowest BCUT2D eigenvalue weighted by atomic mass is 10.2. The number of hydrogen-bond donors (Lipinski definition) is 1. The van der Waals surface area contributed by atoms with Crippen LogP contribution in [-0.2, 0) is 11.3 Å². The zero-order valence-electron chi connectivity index (χ0n) is 12.3. The molecule has 5 nitrogen and oxygen atoms in total. The Kier molecular flexibility index (Phi) is 7.18. The van der Waals surface area contributed by atoms with Crippen molar-refractivity contribution in [2.75, 3.05) is 19.6 Å². The van der Waals surface area contributed by atoms with E-state index in [9.17, 15) is 4.79 Å². The minimum Gasteiger partial charge on any atom is -0.342 e. The van der Waals surface area contributed by atoms with E-state index in [0.717, 1.165) is 39.0 Å². The third kappa shape index (κ3) is 5.42. The molecular weight excluding hydrogens is 240 g/mol. The smallest absolute Gasteiger partial charge is 0.239 e. The summed E-state index contributed by atoms with van der Waals surface area (Å²) in [6.45, 7) is 9.39. The zero-order valence-corrected chi connectivity index (χ0v) is 12.3. The van der Waals surface area contributed by atoms with Gasteiger partial charge in [0.2, 0.25) is 5.91 Å². The Morgan fingerprint density at radius 1 is 1.37 bits per heavy atom. The summed E-state index contributed by atoms with van der Waals surface area (Å²) >= 11 is 0. The molecule has 108 valence electrons. The molecule has 0 bridgehead atoms. The summed E-state index contributed by atoms with van der Waals surface area (Å²) < 4.78 is 2.07. The molecule has 1 aromatic rings. The molecule has 19 heavy (non-hydrogen) atoms. The van der Waals surface area contributed by atoms with Gasteiger partial charge in [-0.1, -0.05) is 0 Å². The van der Waals surface area contributed by atoms with Crippen molar-refractivity contribution in [2.24, 2.45) is 0 Å². The van der Waals surface area contributed by atoms with Crippen LogP contribution in [0.4, 0.5) is 0 Å². The van der Waals surface area contributed by atoms with Crippen LogP contribution in [-0.4, -0.2) is 46.0 Å². The van der Waals surface area contributed by atoms with Gasteiger partial charge in [-0.2, -0.15) is 0 Å². The summed E-state index contributed by atoms with van der Waals surface area (Å²) in [6, 6.07) is -0.0897. The first-order valence-electron chi connectivity index (χ1n) is 7.17. The van der Waals surface area contributed by atoms with Crippen LogP contribution in [0.15, 0.2) is 18.7 Å². The number of imidazole rings is 1. The van der Waals surface area contributed by atoms with E-state index >= 15 is 0 Å². The Hall–Kier alpha value is -1.36. The van der Waals surface area contributed by atoms with Crippen LogP contribution in [0, 0.1) is 0 Å². The molecule has 0 radical (unpaired) electrons. The first-order valence-corrected chi connectivity index (χ1v) is 7.17. The van der Waals surface area contributed by atoms with Gasteiger partial charge in [-0.3, -0.25) is 4.79 Å². The first-order chi connectivity index (χ1) is 9.19. The van der Waals surface area contributed by atoms with Gasteiger partial charge in [-0.05, 0) is 40.2 Å². The Morgan fingerprint density at radius 3 is 2.68 bits per heavy atom. The molecule has 1 amide bonds. The van der Waals surface area contributed by atoms with E-state index in [2.05, 4.69) is 14.9 Å². The molecule has 1 N–H and O–H groups in total. The Bertz CT molecular complexity index is 346. The highest BCUT2D eigenvalue weighted by Crippen LogP contribution is 1.97. The molecule has 0 saturated carbocycles. The maximum absolute atomic E-state index is 12.0. The maximum atomic E-state index is 12.0. The van der Waals surface area contributed by atoms with Gasteiger partial charge < -0.3 is 14.8 Å². The average molecular weight is 266 g/mol. The van der Waals surface area contributed by atoms with Crippen LogP contribution in [0.1, 0.15) is 33.6 Å². The normalized spacial score (nSPS) is 12.4. The quantitative estimate of drug-likeness (QED) is 0.689. The number of carbonyl (C=O) groups excluding carboxylic acids is 1. The number of nitrogens with one attached hydrogen (secondary N) is 1. The summed E-state index contributed by atoms with van der Waals surface area (Å²) in [4.78, 5) is 17.9. The van der Waals surface area contributed by atoms with Crippen LogP contribution in [0.3, 0.4) is 0 Å². The monoisotopic (exact) mass is 266 g/mol. The van der Waals surface area contributed by atoms with Gasteiger partial charge in [0.1, 0.15) is 0 Å². The molecule has 0 aliphatic carbocycles. The molecule has 0 aliphatic heterocycles. The Morgan fingerprint density at radius 2 is 2.11 bits per heavy atom. The van der Waals surface area contributed by atoms with Crippen LogP contribution < -0.4 is 5.32 Å². The molecule has 0 spiro atoms.